The van der Waals surface area contributed by atoms with E-state index in [1.165, 1.54) is 37.4 Å². The van der Waals surface area contributed by atoms with Gasteiger partial charge in [0.25, 0.3) is 5.91 Å². The number of phenols is 1. The second-order valence-electron chi connectivity index (χ2n) is 4.07. The molecule has 0 aliphatic heterocycles. The Hall–Kier alpha value is -2.82. The van der Waals surface area contributed by atoms with Crippen molar-refractivity contribution in [2.75, 3.05) is 12.4 Å². The largest absolute Gasteiger partial charge is 0.508 e. The zero-order chi connectivity index (χ0) is 14.5. The molecular formula is C15H13NO4. The highest BCUT2D eigenvalue weighted by Gasteiger charge is 2.09. The summed E-state index contributed by atoms with van der Waals surface area (Å²) in [5.74, 6) is -0.702. The molecule has 0 atom stereocenters. The van der Waals surface area contributed by atoms with Gasteiger partial charge in [0.2, 0.25) is 0 Å². The summed E-state index contributed by atoms with van der Waals surface area (Å²) in [5, 5.41) is 11.8. The van der Waals surface area contributed by atoms with E-state index in [0.717, 1.165) is 0 Å². The third kappa shape index (κ3) is 3.14. The van der Waals surface area contributed by atoms with E-state index in [1.54, 1.807) is 18.2 Å². The Labute approximate surface area is 115 Å². The fourth-order valence-corrected chi connectivity index (χ4v) is 1.66. The number of phenolic OH excluding ortho intramolecular Hbond substituents is 1. The van der Waals surface area contributed by atoms with Gasteiger partial charge in [0.1, 0.15) is 5.75 Å². The van der Waals surface area contributed by atoms with Gasteiger partial charge in [-0.3, -0.25) is 4.79 Å². The molecule has 2 aromatic carbocycles. The number of esters is 1. The Balaban J connectivity index is 2.15. The highest BCUT2D eigenvalue weighted by molar-refractivity contribution is 6.04. The number of hydrogen-bond acceptors (Lipinski definition) is 4. The van der Waals surface area contributed by atoms with Crippen LogP contribution < -0.4 is 5.32 Å². The Morgan fingerprint density at radius 1 is 1.05 bits per heavy atom. The molecule has 0 aliphatic rings. The number of nitrogens with one attached hydrogen (secondary N) is 1. The number of hydrogen-bond donors (Lipinski definition) is 2. The van der Waals surface area contributed by atoms with E-state index >= 15 is 0 Å². The SMILES string of the molecule is COC(=O)c1cccc(NC(=O)c2ccc(O)cc2)c1. The number of methoxy groups -OCH3 is 1. The third-order valence-electron chi connectivity index (χ3n) is 2.67. The molecule has 0 aliphatic carbocycles. The zero-order valence-electron chi connectivity index (χ0n) is 10.8. The summed E-state index contributed by atoms with van der Waals surface area (Å²) in [6.45, 7) is 0. The van der Waals surface area contributed by atoms with Crippen molar-refractivity contribution in [2.24, 2.45) is 0 Å². The van der Waals surface area contributed by atoms with E-state index in [-0.39, 0.29) is 11.7 Å². The van der Waals surface area contributed by atoms with Crippen LogP contribution in [-0.4, -0.2) is 24.1 Å². The lowest BCUT2D eigenvalue weighted by Gasteiger charge is -2.07. The Bertz CT molecular complexity index is 635. The summed E-state index contributed by atoms with van der Waals surface area (Å²) in [6, 6.07) is 12.3. The third-order valence-corrected chi connectivity index (χ3v) is 2.67. The molecule has 0 radical (unpaired) electrons. The minimum Gasteiger partial charge on any atom is -0.508 e. The number of amides is 1. The van der Waals surface area contributed by atoms with E-state index in [9.17, 15) is 9.59 Å². The molecule has 5 heteroatoms. The first-order chi connectivity index (χ1) is 9.60. The molecule has 0 bridgehead atoms. The number of aromatic hydroxyl groups is 1. The summed E-state index contributed by atoms with van der Waals surface area (Å²) in [6.07, 6.45) is 0. The highest BCUT2D eigenvalue weighted by Crippen LogP contribution is 2.14. The molecule has 2 rings (SSSR count). The first kappa shape index (κ1) is 13.6. The standard InChI is InChI=1S/C15H13NO4/c1-20-15(19)11-3-2-4-12(9-11)16-14(18)10-5-7-13(17)8-6-10/h2-9,17H,1H3,(H,16,18). The summed E-state index contributed by atoms with van der Waals surface area (Å²) < 4.78 is 4.61. The molecule has 0 aromatic heterocycles. The molecule has 2 N–H and O–H groups in total. The molecule has 1 amide bonds. The van der Waals surface area contributed by atoms with Gasteiger partial charge in [0.05, 0.1) is 12.7 Å². The van der Waals surface area contributed by atoms with Crippen molar-refractivity contribution in [3.05, 3.63) is 59.7 Å². The van der Waals surface area contributed by atoms with Crippen LogP contribution in [0.3, 0.4) is 0 Å². The predicted molar refractivity (Wildman–Crippen MR) is 73.8 cm³/mol. The van der Waals surface area contributed by atoms with E-state index < -0.39 is 5.97 Å². The number of carbonyl (C=O) groups excluding carboxylic acids is 2. The summed E-state index contributed by atoms with van der Waals surface area (Å²) in [7, 11) is 1.30. The summed E-state index contributed by atoms with van der Waals surface area (Å²) in [4.78, 5) is 23.4. The van der Waals surface area contributed by atoms with Crippen LogP contribution in [0.25, 0.3) is 0 Å². The Morgan fingerprint density at radius 2 is 1.75 bits per heavy atom. The van der Waals surface area contributed by atoms with Crippen molar-refractivity contribution in [1.82, 2.24) is 0 Å². The molecular weight excluding hydrogens is 258 g/mol. The van der Waals surface area contributed by atoms with Crippen molar-refractivity contribution < 1.29 is 19.4 Å². The molecule has 0 spiro atoms. The first-order valence-electron chi connectivity index (χ1n) is 5.89. The molecule has 0 heterocycles. The lowest BCUT2D eigenvalue weighted by Crippen LogP contribution is -2.12. The van der Waals surface area contributed by atoms with Gasteiger partial charge in [-0.1, -0.05) is 6.07 Å². The van der Waals surface area contributed by atoms with Gasteiger partial charge in [-0.05, 0) is 42.5 Å². The van der Waals surface area contributed by atoms with Gasteiger partial charge in [0.15, 0.2) is 0 Å². The van der Waals surface area contributed by atoms with Gasteiger partial charge >= 0.3 is 5.97 Å². The topological polar surface area (TPSA) is 75.6 Å². The smallest absolute Gasteiger partial charge is 0.337 e. The highest BCUT2D eigenvalue weighted by atomic mass is 16.5. The van der Waals surface area contributed by atoms with Crippen molar-refractivity contribution in [1.29, 1.82) is 0 Å². The second kappa shape index (κ2) is 5.88. The van der Waals surface area contributed by atoms with Gasteiger partial charge < -0.3 is 15.2 Å². The lowest BCUT2D eigenvalue weighted by atomic mass is 10.1. The van der Waals surface area contributed by atoms with Gasteiger partial charge in [-0.25, -0.2) is 4.79 Å². The molecule has 102 valence electrons. The first-order valence-corrected chi connectivity index (χ1v) is 5.89. The molecule has 0 saturated carbocycles. The minimum absolute atomic E-state index is 0.0919. The van der Waals surface area contributed by atoms with Gasteiger partial charge in [0, 0.05) is 11.3 Å². The number of carbonyl (C=O) groups is 2. The monoisotopic (exact) mass is 271 g/mol. The number of rotatable bonds is 3. The maximum absolute atomic E-state index is 12.0. The van der Waals surface area contributed by atoms with Crippen LogP contribution in [0.1, 0.15) is 20.7 Å². The van der Waals surface area contributed by atoms with Gasteiger partial charge in [-0.2, -0.15) is 0 Å². The molecule has 0 unspecified atom stereocenters. The van der Waals surface area contributed by atoms with Crippen molar-refractivity contribution in [2.45, 2.75) is 0 Å². The molecule has 0 saturated heterocycles. The van der Waals surface area contributed by atoms with E-state index in [1.807, 2.05) is 0 Å². The van der Waals surface area contributed by atoms with E-state index in [2.05, 4.69) is 10.1 Å². The van der Waals surface area contributed by atoms with Crippen LogP contribution in [0.15, 0.2) is 48.5 Å². The normalized spacial score (nSPS) is 9.85. The van der Waals surface area contributed by atoms with E-state index in [4.69, 9.17) is 5.11 Å². The van der Waals surface area contributed by atoms with E-state index in [0.29, 0.717) is 16.8 Å². The zero-order valence-corrected chi connectivity index (χ0v) is 10.8. The predicted octanol–water partition coefficient (Wildman–Crippen LogP) is 2.43. The maximum Gasteiger partial charge on any atom is 0.337 e. The number of ether oxygens (including phenoxy) is 1. The van der Waals surface area contributed by atoms with Crippen LogP contribution in [0.2, 0.25) is 0 Å². The van der Waals surface area contributed by atoms with Crippen molar-refractivity contribution in [3.63, 3.8) is 0 Å². The quantitative estimate of drug-likeness (QED) is 0.841. The van der Waals surface area contributed by atoms with Crippen LogP contribution in [-0.2, 0) is 4.74 Å². The Morgan fingerprint density at radius 3 is 2.40 bits per heavy atom. The fraction of sp³-hybridized carbons (Fsp3) is 0.0667. The molecule has 20 heavy (non-hydrogen) atoms. The average Bonchev–Trinajstić information content (AvgIpc) is 2.47. The average molecular weight is 271 g/mol. The summed E-state index contributed by atoms with van der Waals surface area (Å²) in [5.41, 5.74) is 1.26. The lowest BCUT2D eigenvalue weighted by molar-refractivity contribution is 0.0600. The van der Waals surface area contributed by atoms with Crippen molar-refractivity contribution in [3.8, 4) is 5.75 Å². The number of anilines is 1. The van der Waals surface area contributed by atoms with Crippen LogP contribution in [0, 0.1) is 0 Å². The number of benzene rings is 2. The minimum atomic E-state index is -0.467. The second-order valence-corrected chi connectivity index (χ2v) is 4.07. The van der Waals surface area contributed by atoms with Gasteiger partial charge in [-0.15, -0.1) is 0 Å². The van der Waals surface area contributed by atoms with Crippen LogP contribution in [0.4, 0.5) is 5.69 Å². The molecule has 0 fully saturated rings. The van der Waals surface area contributed by atoms with Crippen LogP contribution >= 0.6 is 0 Å². The van der Waals surface area contributed by atoms with Crippen molar-refractivity contribution >= 4 is 17.6 Å². The summed E-state index contributed by atoms with van der Waals surface area (Å²) >= 11 is 0. The molecule has 2 aromatic rings. The Kier molecular flexibility index (Phi) is 4.00. The van der Waals surface area contributed by atoms with Crippen LogP contribution in [0.5, 0.6) is 5.75 Å². The molecule has 5 nitrogen and oxygen atoms in total. The fourth-order valence-electron chi connectivity index (χ4n) is 1.66. The maximum atomic E-state index is 12.0.